The van der Waals surface area contributed by atoms with E-state index in [0.717, 1.165) is 0 Å². The number of aliphatic hydroxyl groups is 1. The number of carbonyl (C=O) groups is 2. The van der Waals surface area contributed by atoms with Gasteiger partial charge in [0.2, 0.25) is 5.91 Å². The molecule has 5 nitrogen and oxygen atoms in total. The molecule has 2 rings (SSSR count). The minimum atomic E-state index is -1.37. The zero-order chi connectivity index (χ0) is 15.1. The number of amides is 1. The summed E-state index contributed by atoms with van der Waals surface area (Å²) in [6.45, 7) is -0.126. The minimum Gasteiger partial charge on any atom is -0.367 e. The molecular weight excluding hydrogens is 268 g/mol. The number of rotatable bonds is 6. The molecule has 1 unspecified atom stereocenters. The number of aldehydes is 1. The van der Waals surface area contributed by atoms with Crippen LogP contribution in [0.5, 0.6) is 0 Å². The first-order chi connectivity index (χ1) is 10.2. The monoisotopic (exact) mass is 284 g/mol. The topological polar surface area (TPSA) is 69.6 Å². The molecule has 0 bridgehead atoms. The Labute approximate surface area is 122 Å². The van der Waals surface area contributed by atoms with Gasteiger partial charge in [-0.25, -0.2) is 0 Å². The van der Waals surface area contributed by atoms with Gasteiger partial charge in [0, 0.05) is 11.4 Å². The number of aliphatic hydroxyl groups excluding tert-OH is 1. The molecule has 2 aromatic rings. The van der Waals surface area contributed by atoms with Crippen molar-refractivity contribution in [2.75, 3.05) is 16.8 Å². The van der Waals surface area contributed by atoms with Crippen LogP contribution in [0.3, 0.4) is 0 Å². The molecular formula is C16H16N2O3. The Balaban J connectivity index is 2.09. The van der Waals surface area contributed by atoms with Crippen LogP contribution in [-0.4, -0.2) is 30.1 Å². The Morgan fingerprint density at radius 3 is 2.24 bits per heavy atom. The summed E-state index contributed by atoms with van der Waals surface area (Å²) in [7, 11) is 0. The molecule has 0 aliphatic carbocycles. The zero-order valence-electron chi connectivity index (χ0n) is 11.3. The summed E-state index contributed by atoms with van der Waals surface area (Å²) >= 11 is 0. The summed E-state index contributed by atoms with van der Waals surface area (Å²) in [6.07, 6.45) is -0.975. The number of anilines is 2. The molecule has 0 fully saturated rings. The van der Waals surface area contributed by atoms with Gasteiger partial charge in [-0.2, -0.15) is 0 Å². The Hall–Kier alpha value is -2.66. The number of carbonyl (C=O) groups excluding carboxylic acids is 2. The maximum Gasteiger partial charge on any atom is 0.244 e. The third-order valence-electron chi connectivity index (χ3n) is 2.90. The number of para-hydroxylation sites is 2. The molecule has 0 aromatic heterocycles. The molecule has 5 heteroatoms. The van der Waals surface area contributed by atoms with E-state index in [4.69, 9.17) is 0 Å². The third kappa shape index (κ3) is 4.15. The Kier molecular flexibility index (Phi) is 5.06. The van der Waals surface area contributed by atoms with Crippen molar-refractivity contribution in [1.82, 2.24) is 0 Å². The summed E-state index contributed by atoms with van der Waals surface area (Å²) in [5, 5.41) is 12.5. The summed E-state index contributed by atoms with van der Waals surface area (Å²) in [5.74, 6) is -0.314. The molecule has 0 aliphatic heterocycles. The van der Waals surface area contributed by atoms with Crippen molar-refractivity contribution in [3.05, 3.63) is 60.7 Å². The minimum absolute atomic E-state index is 0.126. The first-order valence-electron chi connectivity index (χ1n) is 6.50. The van der Waals surface area contributed by atoms with Gasteiger partial charge in [-0.15, -0.1) is 0 Å². The van der Waals surface area contributed by atoms with Crippen LogP contribution in [0.15, 0.2) is 60.7 Å². The molecule has 1 atom stereocenters. The highest BCUT2D eigenvalue weighted by molar-refractivity contribution is 5.94. The highest BCUT2D eigenvalue weighted by atomic mass is 16.3. The van der Waals surface area contributed by atoms with Gasteiger partial charge in [0.05, 0.1) is 0 Å². The second-order valence-electron chi connectivity index (χ2n) is 4.43. The first kappa shape index (κ1) is 14.7. The summed E-state index contributed by atoms with van der Waals surface area (Å²) < 4.78 is 0. The van der Waals surface area contributed by atoms with Crippen LogP contribution >= 0.6 is 0 Å². The second kappa shape index (κ2) is 7.21. The number of benzene rings is 2. The van der Waals surface area contributed by atoms with Crippen LogP contribution in [0, 0.1) is 0 Å². The lowest BCUT2D eigenvalue weighted by Gasteiger charge is -2.26. The molecule has 21 heavy (non-hydrogen) atoms. The quantitative estimate of drug-likeness (QED) is 0.625. The fourth-order valence-electron chi connectivity index (χ4n) is 1.91. The average molecular weight is 284 g/mol. The van der Waals surface area contributed by atoms with Crippen molar-refractivity contribution in [2.45, 2.75) is 6.23 Å². The Morgan fingerprint density at radius 1 is 1.10 bits per heavy atom. The van der Waals surface area contributed by atoms with E-state index in [0.29, 0.717) is 17.7 Å². The molecule has 2 aromatic carbocycles. The normalized spacial score (nSPS) is 11.5. The van der Waals surface area contributed by atoms with E-state index in [1.165, 1.54) is 4.90 Å². The van der Waals surface area contributed by atoms with Crippen LogP contribution in [0.1, 0.15) is 0 Å². The number of hydrogen-bond acceptors (Lipinski definition) is 4. The van der Waals surface area contributed by atoms with Gasteiger partial charge in [-0.05, 0) is 24.3 Å². The van der Waals surface area contributed by atoms with Gasteiger partial charge in [-0.1, -0.05) is 36.4 Å². The summed E-state index contributed by atoms with van der Waals surface area (Å²) in [4.78, 5) is 24.2. The van der Waals surface area contributed by atoms with Crippen molar-refractivity contribution in [3.63, 3.8) is 0 Å². The van der Waals surface area contributed by atoms with Crippen LogP contribution in [-0.2, 0) is 9.59 Å². The lowest BCUT2D eigenvalue weighted by atomic mass is 10.2. The predicted octanol–water partition coefficient (Wildman–Crippen LogP) is 1.65. The number of nitrogens with one attached hydrogen (secondary N) is 1. The SMILES string of the molecule is O=CC(O)N(CC(=O)Nc1ccccc1)c1ccccc1. The van der Waals surface area contributed by atoms with Gasteiger partial charge in [0.25, 0.3) is 0 Å². The van der Waals surface area contributed by atoms with Crippen LogP contribution in [0.2, 0.25) is 0 Å². The van der Waals surface area contributed by atoms with Crippen LogP contribution < -0.4 is 10.2 Å². The highest BCUT2D eigenvalue weighted by Crippen LogP contribution is 2.15. The Bertz CT molecular complexity index is 587. The van der Waals surface area contributed by atoms with Crippen molar-refractivity contribution in [1.29, 1.82) is 0 Å². The van der Waals surface area contributed by atoms with Crippen molar-refractivity contribution < 1.29 is 14.7 Å². The van der Waals surface area contributed by atoms with E-state index < -0.39 is 6.23 Å². The van der Waals surface area contributed by atoms with E-state index in [1.807, 2.05) is 24.3 Å². The Morgan fingerprint density at radius 2 is 1.67 bits per heavy atom. The van der Waals surface area contributed by atoms with E-state index in [1.54, 1.807) is 36.4 Å². The molecule has 0 saturated carbocycles. The number of hydrogen-bond donors (Lipinski definition) is 2. The van der Waals surface area contributed by atoms with Crippen LogP contribution in [0.25, 0.3) is 0 Å². The largest absolute Gasteiger partial charge is 0.367 e. The van der Waals surface area contributed by atoms with Gasteiger partial charge in [0.1, 0.15) is 6.54 Å². The molecule has 0 spiro atoms. The van der Waals surface area contributed by atoms with Gasteiger partial charge >= 0.3 is 0 Å². The van der Waals surface area contributed by atoms with Crippen molar-refractivity contribution in [3.8, 4) is 0 Å². The average Bonchev–Trinajstić information content (AvgIpc) is 2.53. The standard InChI is InChI=1S/C16H16N2O3/c19-12-16(21)18(14-9-5-2-6-10-14)11-15(20)17-13-7-3-1-4-8-13/h1-10,12,16,21H,11H2,(H,17,20). The first-order valence-corrected chi connectivity index (χ1v) is 6.50. The van der Waals surface area contributed by atoms with E-state index in [-0.39, 0.29) is 12.5 Å². The number of nitrogens with zero attached hydrogens (tertiary/aromatic N) is 1. The summed E-state index contributed by atoms with van der Waals surface area (Å²) in [6, 6.07) is 17.8. The predicted molar refractivity (Wildman–Crippen MR) is 80.9 cm³/mol. The smallest absolute Gasteiger partial charge is 0.244 e. The lowest BCUT2D eigenvalue weighted by Crippen LogP contribution is -2.42. The van der Waals surface area contributed by atoms with Gasteiger partial charge in [-0.3, -0.25) is 9.59 Å². The molecule has 1 amide bonds. The molecule has 0 radical (unpaired) electrons. The van der Waals surface area contributed by atoms with E-state index >= 15 is 0 Å². The fraction of sp³-hybridized carbons (Fsp3) is 0.125. The maximum absolute atomic E-state index is 12.0. The third-order valence-corrected chi connectivity index (χ3v) is 2.90. The molecule has 2 N–H and O–H groups in total. The van der Waals surface area contributed by atoms with Crippen LogP contribution in [0.4, 0.5) is 11.4 Å². The maximum atomic E-state index is 12.0. The van der Waals surface area contributed by atoms with Crippen molar-refractivity contribution in [2.24, 2.45) is 0 Å². The van der Waals surface area contributed by atoms with Crippen molar-refractivity contribution >= 4 is 23.6 Å². The molecule has 0 aliphatic rings. The van der Waals surface area contributed by atoms with E-state index in [9.17, 15) is 14.7 Å². The molecule has 0 heterocycles. The van der Waals surface area contributed by atoms with Gasteiger partial charge < -0.3 is 15.3 Å². The fourth-order valence-corrected chi connectivity index (χ4v) is 1.91. The zero-order valence-corrected chi connectivity index (χ0v) is 11.3. The van der Waals surface area contributed by atoms with E-state index in [2.05, 4.69) is 5.32 Å². The summed E-state index contributed by atoms with van der Waals surface area (Å²) in [5.41, 5.74) is 1.26. The lowest BCUT2D eigenvalue weighted by molar-refractivity contribution is -0.117. The second-order valence-corrected chi connectivity index (χ2v) is 4.43. The molecule has 108 valence electrons. The van der Waals surface area contributed by atoms with Gasteiger partial charge in [0.15, 0.2) is 12.5 Å². The molecule has 0 saturated heterocycles. The highest BCUT2D eigenvalue weighted by Gasteiger charge is 2.18.